The molecule has 3 heterocycles. The molecular formula is C25H23N6NaO9S. The number of aliphatic carboxylic acids is 1. The predicted octanol–water partition coefficient (Wildman–Crippen LogP) is -4.41. The van der Waals surface area contributed by atoms with E-state index in [1.54, 1.807) is 36.4 Å². The largest absolute Gasteiger partial charge is 1.00 e. The van der Waals surface area contributed by atoms with Gasteiger partial charge in [-0.3, -0.25) is 29.0 Å². The number of nitriles is 1. The molecule has 1 aromatic rings. The number of amides is 7. The average molecular weight is 607 g/mol. The van der Waals surface area contributed by atoms with Gasteiger partial charge in [-0.25, -0.2) is 14.5 Å². The molecule has 0 aromatic heterocycles. The Labute approximate surface area is 265 Å². The van der Waals surface area contributed by atoms with Crippen molar-refractivity contribution in [2.75, 3.05) is 25.4 Å². The van der Waals surface area contributed by atoms with Crippen LogP contribution in [0.3, 0.4) is 0 Å². The van der Waals surface area contributed by atoms with Gasteiger partial charge in [0, 0.05) is 24.8 Å². The van der Waals surface area contributed by atoms with E-state index in [1.807, 2.05) is 0 Å². The van der Waals surface area contributed by atoms with E-state index in [0.29, 0.717) is 5.56 Å². The maximum Gasteiger partial charge on any atom is 1.00 e. The number of carbonyl (C=O) groups excluding carboxylic acids is 7. The van der Waals surface area contributed by atoms with Crippen LogP contribution in [0.5, 0.6) is 0 Å². The van der Waals surface area contributed by atoms with E-state index in [-0.39, 0.29) is 60.6 Å². The molecule has 3 atom stereocenters. The molecule has 2 N–H and O–H groups in total. The van der Waals surface area contributed by atoms with Crippen molar-refractivity contribution in [3.05, 3.63) is 47.2 Å². The summed E-state index contributed by atoms with van der Waals surface area (Å²) in [5.74, 6) is -4.49. The number of imide groups is 2. The Hall–Kier alpha value is -3.91. The molecular weight excluding hydrogens is 583 g/mol. The maximum atomic E-state index is 13.4. The number of ether oxygens (including phenoxy) is 1. The molecule has 0 saturated carbocycles. The van der Waals surface area contributed by atoms with Gasteiger partial charge in [0.25, 0.3) is 5.91 Å². The van der Waals surface area contributed by atoms with Crippen LogP contribution >= 0.6 is 11.8 Å². The predicted molar refractivity (Wildman–Crippen MR) is 135 cm³/mol. The zero-order valence-corrected chi connectivity index (χ0v) is 25.3. The summed E-state index contributed by atoms with van der Waals surface area (Å²) in [4.78, 5) is 89.4. The fourth-order valence-electron chi connectivity index (χ4n) is 4.48. The second-order valence-electron chi connectivity index (χ2n) is 9.02. The minimum absolute atomic E-state index is 0. The van der Waals surface area contributed by atoms with E-state index in [2.05, 4.69) is 10.6 Å². The van der Waals surface area contributed by atoms with Crippen LogP contribution in [-0.2, 0) is 28.7 Å². The number of thioether (sulfide) groups is 1. The van der Waals surface area contributed by atoms with Gasteiger partial charge >= 0.3 is 47.6 Å². The minimum Gasteiger partial charge on any atom is -0.543 e. The molecule has 214 valence electrons. The monoisotopic (exact) mass is 606 g/mol. The fourth-order valence-corrected chi connectivity index (χ4v) is 5.80. The summed E-state index contributed by atoms with van der Waals surface area (Å²) in [6, 6.07) is 5.20. The number of carboxylic acids is 1. The summed E-state index contributed by atoms with van der Waals surface area (Å²) in [5.41, 5.74) is 0.0642. The van der Waals surface area contributed by atoms with E-state index < -0.39 is 71.3 Å². The maximum absolute atomic E-state index is 13.4. The van der Waals surface area contributed by atoms with Gasteiger partial charge in [-0.1, -0.05) is 30.3 Å². The first-order valence-electron chi connectivity index (χ1n) is 12.2. The number of carbonyl (C=O) groups is 7. The van der Waals surface area contributed by atoms with Crippen LogP contribution in [0.15, 0.2) is 41.6 Å². The van der Waals surface area contributed by atoms with Crippen LogP contribution in [0.1, 0.15) is 24.9 Å². The number of nitrogens with one attached hydrogen (secondary N) is 2. The van der Waals surface area contributed by atoms with Gasteiger partial charge in [-0.2, -0.15) is 5.26 Å². The van der Waals surface area contributed by atoms with E-state index >= 15 is 0 Å². The molecule has 2 fully saturated rings. The molecule has 1 aromatic carbocycles. The van der Waals surface area contributed by atoms with Crippen molar-refractivity contribution >= 4 is 53.5 Å². The van der Waals surface area contributed by atoms with Crippen molar-refractivity contribution in [3.8, 4) is 6.07 Å². The number of rotatable bonds is 8. The molecule has 7 amide bonds. The molecule has 4 rings (SSSR count). The first-order chi connectivity index (χ1) is 19.5. The zero-order chi connectivity index (χ0) is 29.8. The van der Waals surface area contributed by atoms with Crippen molar-refractivity contribution in [3.63, 3.8) is 0 Å². The topological polar surface area (TPSA) is 209 Å². The van der Waals surface area contributed by atoms with Crippen molar-refractivity contribution < 1.29 is 73.0 Å². The number of nitrogens with zero attached hydrogens (tertiary/aromatic N) is 4. The van der Waals surface area contributed by atoms with E-state index in [4.69, 9.17) is 10.00 Å². The van der Waals surface area contributed by atoms with Crippen LogP contribution in [0.4, 0.5) is 9.59 Å². The van der Waals surface area contributed by atoms with Crippen LogP contribution < -0.4 is 45.3 Å². The molecule has 2 unspecified atom stereocenters. The first-order valence-corrected chi connectivity index (χ1v) is 13.3. The molecule has 17 heteroatoms. The summed E-state index contributed by atoms with van der Waals surface area (Å²) < 4.78 is 4.88. The second kappa shape index (κ2) is 13.8. The van der Waals surface area contributed by atoms with Crippen LogP contribution in [0.2, 0.25) is 0 Å². The van der Waals surface area contributed by atoms with Gasteiger partial charge in [-0.05, 0) is 5.56 Å². The number of hydrogen-bond donors (Lipinski definition) is 2. The smallest absolute Gasteiger partial charge is 0.543 e. The molecule has 42 heavy (non-hydrogen) atoms. The Morgan fingerprint density at radius 2 is 1.81 bits per heavy atom. The number of carboxylic acid groups (broad SMARTS) is 1. The van der Waals surface area contributed by atoms with Crippen molar-refractivity contribution in [1.82, 2.24) is 25.3 Å². The van der Waals surface area contributed by atoms with E-state index in [0.717, 1.165) is 33.4 Å². The van der Waals surface area contributed by atoms with Gasteiger partial charge in [-0.15, -0.1) is 11.8 Å². The van der Waals surface area contributed by atoms with E-state index in [9.17, 15) is 38.7 Å². The fraction of sp³-hybridized carbons (Fsp3) is 0.360. The summed E-state index contributed by atoms with van der Waals surface area (Å²) in [5, 5.41) is 24.8. The van der Waals surface area contributed by atoms with Gasteiger partial charge in [0.05, 0.1) is 24.3 Å². The Kier molecular flexibility index (Phi) is 10.7. The first kappa shape index (κ1) is 32.6. The average Bonchev–Trinajstić information content (AvgIpc) is 3.34. The molecule has 0 aliphatic carbocycles. The Morgan fingerprint density at radius 3 is 2.43 bits per heavy atom. The van der Waals surface area contributed by atoms with Crippen LogP contribution in [-0.4, -0.2) is 93.3 Å². The molecule has 3 aliphatic heterocycles. The third-order valence-corrected chi connectivity index (χ3v) is 7.78. The van der Waals surface area contributed by atoms with Crippen LogP contribution in [0.25, 0.3) is 0 Å². The quantitative estimate of drug-likeness (QED) is 0.164. The zero-order valence-electron chi connectivity index (χ0n) is 22.5. The molecule has 0 bridgehead atoms. The standard InChI is InChI=1S/C25H24N6O9S.Na/c1-13(32)40-11-15-12-41-22-18(21(35)31(22)19(15)23(36)37)27-20(34)17(14-5-3-2-4-6-14)28-24(38)30-10-9-29(25(30)39)16(33)7-8-26;/h2-6,17-18,22H,7,9-12H2,1H3,(H,27,34)(H,28,38)(H,36,37);/q;+1/p-1/t17?,18?,22-;/m0./s1. The summed E-state index contributed by atoms with van der Waals surface area (Å²) >= 11 is 1.15. The number of β-lactam (4-membered cyclic amide) rings is 1. The van der Waals surface area contributed by atoms with Gasteiger partial charge in [0.1, 0.15) is 30.5 Å². The molecule has 2 saturated heterocycles. The Balaban J connectivity index is 0.00000484. The van der Waals surface area contributed by atoms with Crippen molar-refractivity contribution in [1.29, 1.82) is 5.26 Å². The van der Waals surface area contributed by atoms with Gasteiger partial charge in [0.2, 0.25) is 11.8 Å². The minimum atomic E-state index is -1.64. The normalized spacial score (nSPS) is 20.0. The number of hydrogen-bond acceptors (Lipinski definition) is 11. The molecule has 0 radical (unpaired) electrons. The molecule has 0 spiro atoms. The van der Waals surface area contributed by atoms with Gasteiger partial charge < -0.3 is 25.3 Å². The third-order valence-electron chi connectivity index (χ3n) is 6.44. The number of fused-ring (bicyclic) bond motifs is 1. The summed E-state index contributed by atoms with van der Waals surface area (Å²) in [6.07, 6.45) is -0.540. The number of urea groups is 2. The Bertz CT molecular complexity index is 1400. The summed E-state index contributed by atoms with van der Waals surface area (Å²) in [6.45, 7) is 0.544. The number of esters is 1. The SMILES string of the molecule is CC(=O)OCC1=C(C(=O)[O-])N2C(=O)C(NC(=O)C(NC(=O)N3CCN(C(=O)CC#N)C3=O)c3ccccc3)[C@@H]2SC1.[Na+]. The number of benzene rings is 1. The van der Waals surface area contributed by atoms with Crippen LogP contribution in [0, 0.1) is 11.3 Å². The second-order valence-corrected chi connectivity index (χ2v) is 10.1. The summed E-state index contributed by atoms with van der Waals surface area (Å²) in [7, 11) is 0. The van der Waals surface area contributed by atoms with Crippen molar-refractivity contribution in [2.24, 2.45) is 0 Å². The molecule has 15 nitrogen and oxygen atoms in total. The van der Waals surface area contributed by atoms with E-state index in [1.165, 1.54) is 0 Å². The third kappa shape index (κ3) is 6.59. The van der Waals surface area contributed by atoms with Crippen molar-refractivity contribution in [2.45, 2.75) is 30.8 Å². The van der Waals surface area contributed by atoms with Gasteiger partial charge in [0.15, 0.2) is 0 Å². The molecule has 3 aliphatic rings. The Morgan fingerprint density at radius 1 is 1.14 bits per heavy atom.